The van der Waals surface area contributed by atoms with Crippen molar-refractivity contribution in [2.24, 2.45) is 0 Å². The average molecular weight is 463 g/mol. The number of hydrogen-bond acceptors (Lipinski definition) is 5. The number of halogens is 2. The first-order valence-corrected chi connectivity index (χ1v) is 10.9. The van der Waals surface area contributed by atoms with E-state index in [2.05, 4.69) is 14.9 Å². The summed E-state index contributed by atoms with van der Waals surface area (Å²) in [4.78, 5) is 25.9. The molecule has 33 heavy (non-hydrogen) atoms. The number of anilines is 1. The topological polar surface area (TPSA) is 62.5 Å². The van der Waals surface area contributed by atoms with Gasteiger partial charge in [-0.1, -0.05) is 35.9 Å². The molecule has 6 nitrogen and oxygen atoms in total. The molecule has 0 aliphatic carbocycles. The summed E-state index contributed by atoms with van der Waals surface area (Å²) in [5.74, 6) is 0.813. The molecule has 0 atom stereocenters. The van der Waals surface area contributed by atoms with E-state index in [4.69, 9.17) is 16.0 Å². The van der Waals surface area contributed by atoms with Crippen molar-refractivity contribution >= 4 is 23.3 Å². The second-order valence-electron chi connectivity index (χ2n) is 7.64. The van der Waals surface area contributed by atoms with Crippen molar-refractivity contribution < 1.29 is 13.6 Å². The van der Waals surface area contributed by atoms with Gasteiger partial charge in [-0.15, -0.1) is 0 Å². The van der Waals surface area contributed by atoms with E-state index < -0.39 is 5.82 Å². The lowest BCUT2D eigenvalue weighted by atomic mass is 10.1. The Hall–Kier alpha value is -3.71. The minimum absolute atomic E-state index is 0.108. The van der Waals surface area contributed by atoms with Gasteiger partial charge in [0.15, 0.2) is 5.76 Å². The standard InChI is InChI=1S/C25H20ClFN4O2/c26-20-9-5-11-28-23(20)30-12-14-31(15-13-30)25(32)18-7-2-1-6-17(18)24-29-16-22(33-24)19-8-3-4-10-21(19)27/h1-11,16H,12-15H2. The van der Waals surface area contributed by atoms with Gasteiger partial charge in [0.05, 0.1) is 22.3 Å². The quantitative estimate of drug-likeness (QED) is 0.419. The monoisotopic (exact) mass is 462 g/mol. The molecule has 0 N–H and O–H groups in total. The highest BCUT2D eigenvalue weighted by molar-refractivity contribution is 6.32. The Morgan fingerprint density at radius 3 is 2.39 bits per heavy atom. The van der Waals surface area contributed by atoms with E-state index in [1.165, 1.54) is 12.3 Å². The number of amides is 1. The molecular weight excluding hydrogens is 443 g/mol. The van der Waals surface area contributed by atoms with Gasteiger partial charge in [-0.3, -0.25) is 4.79 Å². The summed E-state index contributed by atoms with van der Waals surface area (Å²) in [6.45, 7) is 2.32. The minimum atomic E-state index is -0.393. The Bertz CT molecular complexity index is 1300. The molecule has 4 aromatic rings. The molecule has 166 valence electrons. The fraction of sp³-hybridized carbons (Fsp3) is 0.160. The summed E-state index contributed by atoms with van der Waals surface area (Å²) in [5.41, 5.74) is 1.38. The van der Waals surface area contributed by atoms with E-state index in [1.54, 1.807) is 53.6 Å². The van der Waals surface area contributed by atoms with Crippen LogP contribution in [0.5, 0.6) is 0 Å². The van der Waals surface area contributed by atoms with Crippen LogP contribution in [0.15, 0.2) is 77.5 Å². The molecule has 0 unspecified atom stereocenters. The van der Waals surface area contributed by atoms with Crippen LogP contribution in [0.1, 0.15) is 10.4 Å². The first-order chi connectivity index (χ1) is 16.1. The minimum Gasteiger partial charge on any atom is -0.436 e. The molecule has 2 aromatic heterocycles. The zero-order valence-corrected chi connectivity index (χ0v) is 18.4. The molecule has 1 fully saturated rings. The molecule has 2 aromatic carbocycles. The summed E-state index contributed by atoms with van der Waals surface area (Å²) in [6.07, 6.45) is 3.19. The normalized spacial score (nSPS) is 13.9. The fourth-order valence-electron chi connectivity index (χ4n) is 3.94. The van der Waals surface area contributed by atoms with Crippen LogP contribution in [0, 0.1) is 5.82 Å². The Morgan fingerprint density at radius 1 is 0.909 bits per heavy atom. The van der Waals surface area contributed by atoms with Crippen LogP contribution in [0.2, 0.25) is 5.02 Å². The Labute approximate surface area is 195 Å². The Kier molecular flexibility index (Phi) is 5.79. The van der Waals surface area contributed by atoms with Gasteiger partial charge in [0, 0.05) is 37.9 Å². The third-order valence-corrected chi connectivity index (χ3v) is 5.93. The fourth-order valence-corrected chi connectivity index (χ4v) is 4.18. The maximum Gasteiger partial charge on any atom is 0.254 e. The lowest BCUT2D eigenvalue weighted by Crippen LogP contribution is -2.49. The van der Waals surface area contributed by atoms with Crippen molar-refractivity contribution in [1.82, 2.24) is 14.9 Å². The number of aromatic nitrogens is 2. The summed E-state index contributed by atoms with van der Waals surface area (Å²) >= 11 is 6.27. The van der Waals surface area contributed by atoms with Crippen LogP contribution in [0.25, 0.3) is 22.8 Å². The number of benzene rings is 2. The molecule has 1 aliphatic heterocycles. The van der Waals surface area contributed by atoms with E-state index in [0.29, 0.717) is 53.7 Å². The second kappa shape index (κ2) is 9.03. The lowest BCUT2D eigenvalue weighted by molar-refractivity contribution is 0.0747. The van der Waals surface area contributed by atoms with Crippen LogP contribution in [0.4, 0.5) is 10.2 Å². The maximum atomic E-state index is 14.2. The SMILES string of the molecule is O=C(c1ccccc1-c1ncc(-c2ccccc2F)o1)N1CCN(c2ncccc2Cl)CC1. The molecule has 1 aliphatic rings. The van der Waals surface area contributed by atoms with Crippen molar-refractivity contribution in [3.05, 3.63) is 89.5 Å². The summed E-state index contributed by atoms with van der Waals surface area (Å²) in [5, 5.41) is 0.595. The number of hydrogen-bond donors (Lipinski definition) is 0. The van der Waals surface area contributed by atoms with E-state index in [1.807, 2.05) is 12.1 Å². The van der Waals surface area contributed by atoms with E-state index >= 15 is 0 Å². The van der Waals surface area contributed by atoms with Gasteiger partial charge in [-0.2, -0.15) is 0 Å². The Balaban J connectivity index is 1.36. The van der Waals surface area contributed by atoms with Crippen LogP contribution in [-0.4, -0.2) is 47.0 Å². The predicted octanol–water partition coefficient (Wildman–Crippen LogP) is 5.16. The van der Waals surface area contributed by atoms with Crippen molar-refractivity contribution in [2.45, 2.75) is 0 Å². The second-order valence-corrected chi connectivity index (χ2v) is 8.05. The number of oxazole rings is 1. The molecular formula is C25H20ClFN4O2. The summed E-state index contributed by atoms with van der Waals surface area (Å²) < 4.78 is 20.0. The first-order valence-electron chi connectivity index (χ1n) is 10.6. The lowest BCUT2D eigenvalue weighted by Gasteiger charge is -2.36. The van der Waals surface area contributed by atoms with Gasteiger partial charge in [0.2, 0.25) is 5.89 Å². The summed E-state index contributed by atoms with van der Waals surface area (Å²) in [7, 11) is 0. The highest BCUT2D eigenvalue weighted by Crippen LogP contribution is 2.30. The molecule has 0 radical (unpaired) electrons. The largest absolute Gasteiger partial charge is 0.436 e. The third-order valence-electron chi connectivity index (χ3n) is 5.64. The zero-order chi connectivity index (χ0) is 22.8. The van der Waals surface area contributed by atoms with E-state index in [9.17, 15) is 9.18 Å². The van der Waals surface area contributed by atoms with Gasteiger partial charge < -0.3 is 14.2 Å². The summed E-state index contributed by atoms with van der Waals surface area (Å²) in [6, 6.07) is 17.1. The number of pyridine rings is 1. The van der Waals surface area contributed by atoms with E-state index in [0.717, 1.165) is 5.82 Å². The van der Waals surface area contributed by atoms with Crippen molar-refractivity contribution in [3.63, 3.8) is 0 Å². The van der Waals surface area contributed by atoms with Gasteiger partial charge >= 0.3 is 0 Å². The molecule has 0 saturated carbocycles. The van der Waals surface area contributed by atoms with Crippen LogP contribution < -0.4 is 4.90 Å². The van der Waals surface area contributed by atoms with E-state index in [-0.39, 0.29) is 11.8 Å². The molecule has 5 rings (SSSR count). The van der Waals surface area contributed by atoms with Gasteiger partial charge in [0.1, 0.15) is 11.6 Å². The highest BCUT2D eigenvalue weighted by Gasteiger charge is 2.26. The average Bonchev–Trinajstić information content (AvgIpc) is 3.34. The van der Waals surface area contributed by atoms with Crippen molar-refractivity contribution in [2.75, 3.05) is 31.1 Å². The number of carbonyl (C=O) groups is 1. The molecule has 1 amide bonds. The maximum absolute atomic E-state index is 14.2. The Morgan fingerprint density at radius 2 is 1.64 bits per heavy atom. The third kappa shape index (κ3) is 4.19. The molecule has 8 heteroatoms. The smallest absolute Gasteiger partial charge is 0.254 e. The van der Waals surface area contributed by atoms with Crippen LogP contribution in [0.3, 0.4) is 0 Å². The van der Waals surface area contributed by atoms with Crippen molar-refractivity contribution in [3.8, 4) is 22.8 Å². The number of piperazine rings is 1. The van der Waals surface area contributed by atoms with Gasteiger partial charge in [-0.25, -0.2) is 14.4 Å². The molecule has 0 bridgehead atoms. The van der Waals surface area contributed by atoms with Crippen LogP contribution >= 0.6 is 11.6 Å². The van der Waals surface area contributed by atoms with Gasteiger partial charge in [-0.05, 0) is 36.4 Å². The van der Waals surface area contributed by atoms with Gasteiger partial charge in [0.25, 0.3) is 5.91 Å². The number of nitrogens with zero attached hydrogens (tertiary/aromatic N) is 4. The number of carbonyl (C=O) groups excluding carboxylic acids is 1. The number of rotatable bonds is 4. The molecule has 3 heterocycles. The first kappa shape index (κ1) is 21.2. The zero-order valence-electron chi connectivity index (χ0n) is 17.6. The predicted molar refractivity (Wildman–Crippen MR) is 125 cm³/mol. The van der Waals surface area contributed by atoms with Crippen molar-refractivity contribution in [1.29, 1.82) is 0 Å². The molecule has 0 spiro atoms. The van der Waals surface area contributed by atoms with Crippen LogP contribution in [-0.2, 0) is 0 Å². The molecule has 1 saturated heterocycles. The highest BCUT2D eigenvalue weighted by atomic mass is 35.5.